The number of hydrogen-bond donors (Lipinski definition) is 3. The Morgan fingerprint density at radius 2 is 1.57 bits per heavy atom. The van der Waals surface area contributed by atoms with E-state index in [4.69, 9.17) is 4.55 Å². The number of benzene rings is 2. The number of phenols is 1. The van der Waals surface area contributed by atoms with Gasteiger partial charge in [-0.05, 0) is 31.2 Å². The lowest BCUT2D eigenvalue weighted by Crippen LogP contribution is -2.19. The van der Waals surface area contributed by atoms with Crippen LogP contribution < -0.4 is 5.32 Å². The summed E-state index contributed by atoms with van der Waals surface area (Å²) in [5.41, 5.74) is 1.26. The van der Waals surface area contributed by atoms with E-state index < -0.39 is 21.9 Å². The standard InChI is InChI=1S/C8H5NO3.C7H8O3S/c10-5-3-1-2-4-6(5)8(12)9-7(4)11;1-6-2-4-7(5-3-6)11(8,9)10/h1-3,10H,(H,9,11,12);2-5H,1H3,(H,8,9,10). The van der Waals surface area contributed by atoms with Gasteiger partial charge in [-0.15, -0.1) is 0 Å². The number of rotatable bonds is 1. The Balaban J connectivity index is 0.000000168. The molecule has 8 heteroatoms. The summed E-state index contributed by atoms with van der Waals surface area (Å²) in [5.74, 6) is -1.14. The Kier molecular flexibility index (Phi) is 4.48. The van der Waals surface area contributed by atoms with Crippen molar-refractivity contribution in [1.29, 1.82) is 0 Å². The van der Waals surface area contributed by atoms with Gasteiger partial charge in [-0.2, -0.15) is 8.42 Å². The van der Waals surface area contributed by atoms with Crippen molar-refractivity contribution in [2.45, 2.75) is 11.8 Å². The highest BCUT2D eigenvalue weighted by Gasteiger charge is 2.28. The third kappa shape index (κ3) is 3.74. The molecule has 7 nitrogen and oxygen atoms in total. The molecule has 0 radical (unpaired) electrons. The minimum absolute atomic E-state index is 0.0666. The molecule has 2 amide bonds. The molecule has 0 aromatic heterocycles. The van der Waals surface area contributed by atoms with Crippen molar-refractivity contribution in [3.63, 3.8) is 0 Å². The first-order valence-electron chi connectivity index (χ1n) is 6.42. The predicted octanol–water partition coefficient (Wildman–Crippen LogP) is 1.52. The smallest absolute Gasteiger partial charge is 0.294 e. The molecule has 0 saturated carbocycles. The van der Waals surface area contributed by atoms with Crippen LogP contribution >= 0.6 is 0 Å². The first-order chi connectivity index (χ1) is 10.7. The van der Waals surface area contributed by atoms with Crippen molar-refractivity contribution in [3.05, 3.63) is 59.2 Å². The van der Waals surface area contributed by atoms with Gasteiger partial charge in [0.15, 0.2) is 0 Å². The molecule has 1 aliphatic rings. The molecule has 0 bridgehead atoms. The van der Waals surface area contributed by atoms with E-state index in [-0.39, 0.29) is 21.8 Å². The lowest BCUT2D eigenvalue weighted by atomic mass is 10.1. The topological polar surface area (TPSA) is 121 Å². The van der Waals surface area contributed by atoms with E-state index >= 15 is 0 Å². The van der Waals surface area contributed by atoms with Gasteiger partial charge in [0.2, 0.25) is 0 Å². The summed E-state index contributed by atoms with van der Waals surface area (Å²) in [4.78, 5) is 21.9. The fraction of sp³-hybridized carbons (Fsp3) is 0.0667. The number of carbonyl (C=O) groups is 2. The average Bonchev–Trinajstić information content (AvgIpc) is 2.75. The molecule has 1 heterocycles. The molecule has 0 aliphatic carbocycles. The number of aryl methyl sites for hydroxylation is 1. The Bertz CT molecular complexity index is 871. The van der Waals surface area contributed by atoms with Gasteiger partial charge in [0.25, 0.3) is 21.9 Å². The number of aromatic hydroxyl groups is 1. The summed E-state index contributed by atoms with van der Waals surface area (Å²) in [6.45, 7) is 1.84. The fourth-order valence-electron chi connectivity index (χ4n) is 1.91. The predicted molar refractivity (Wildman–Crippen MR) is 80.9 cm³/mol. The third-order valence-corrected chi connectivity index (χ3v) is 3.93. The number of imide groups is 1. The van der Waals surface area contributed by atoms with Gasteiger partial charge in [-0.3, -0.25) is 19.5 Å². The highest BCUT2D eigenvalue weighted by molar-refractivity contribution is 7.85. The van der Waals surface area contributed by atoms with Crippen LogP contribution in [0.4, 0.5) is 0 Å². The lowest BCUT2D eigenvalue weighted by molar-refractivity contribution is 0.0879. The monoisotopic (exact) mass is 335 g/mol. The molecule has 23 heavy (non-hydrogen) atoms. The Morgan fingerprint density at radius 1 is 0.957 bits per heavy atom. The van der Waals surface area contributed by atoms with Crippen LogP contribution in [0.1, 0.15) is 26.3 Å². The van der Waals surface area contributed by atoms with Crippen LogP contribution in [0.2, 0.25) is 0 Å². The van der Waals surface area contributed by atoms with E-state index in [2.05, 4.69) is 5.32 Å². The number of fused-ring (bicyclic) bond motifs is 1. The number of nitrogens with one attached hydrogen (secondary N) is 1. The van der Waals surface area contributed by atoms with Gasteiger partial charge < -0.3 is 5.11 Å². The summed E-state index contributed by atoms with van der Waals surface area (Å²) in [7, 11) is -4.02. The molecule has 2 aromatic carbocycles. The summed E-state index contributed by atoms with van der Waals surface area (Å²) in [5, 5.41) is 11.3. The zero-order valence-electron chi connectivity index (χ0n) is 12.0. The molecule has 0 atom stereocenters. The van der Waals surface area contributed by atoms with Crippen molar-refractivity contribution >= 4 is 21.9 Å². The molecule has 0 spiro atoms. The van der Waals surface area contributed by atoms with Gasteiger partial charge in [0, 0.05) is 0 Å². The van der Waals surface area contributed by atoms with Crippen LogP contribution in [0.5, 0.6) is 5.75 Å². The maximum absolute atomic E-state index is 11.0. The Morgan fingerprint density at radius 3 is 2.09 bits per heavy atom. The number of phenolic OH excluding ortho intramolecular Hbond substituents is 1. The largest absolute Gasteiger partial charge is 0.507 e. The second-order valence-electron chi connectivity index (χ2n) is 4.77. The molecule has 120 valence electrons. The highest BCUT2D eigenvalue weighted by atomic mass is 32.2. The molecular formula is C15H13NO6S. The number of hydrogen-bond acceptors (Lipinski definition) is 5. The summed E-state index contributed by atoms with van der Waals surface area (Å²) in [6, 6.07) is 10.4. The lowest BCUT2D eigenvalue weighted by Gasteiger charge is -1.95. The van der Waals surface area contributed by atoms with Crippen LogP contribution in [0.3, 0.4) is 0 Å². The fourth-order valence-corrected chi connectivity index (χ4v) is 2.39. The van der Waals surface area contributed by atoms with E-state index in [1.54, 1.807) is 12.1 Å². The van der Waals surface area contributed by atoms with E-state index in [0.29, 0.717) is 0 Å². The van der Waals surface area contributed by atoms with Gasteiger partial charge in [-0.25, -0.2) is 0 Å². The van der Waals surface area contributed by atoms with Gasteiger partial charge in [-0.1, -0.05) is 23.8 Å². The molecule has 0 saturated heterocycles. The van der Waals surface area contributed by atoms with Crippen LogP contribution in [0.25, 0.3) is 0 Å². The zero-order chi connectivity index (χ0) is 17.2. The third-order valence-electron chi connectivity index (χ3n) is 3.06. The molecule has 0 fully saturated rings. The minimum Gasteiger partial charge on any atom is -0.507 e. The SMILES string of the molecule is Cc1ccc(S(=O)(=O)O)cc1.O=C1NC(=O)c2c(O)cccc21. The maximum atomic E-state index is 11.0. The quantitative estimate of drug-likeness (QED) is 0.537. The second-order valence-corrected chi connectivity index (χ2v) is 6.19. The van der Waals surface area contributed by atoms with Gasteiger partial charge >= 0.3 is 0 Å². The van der Waals surface area contributed by atoms with Crippen LogP contribution in [-0.4, -0.2) is 29.9 Å². The van der Waals surface area contributed by atoms with Crippen molar-refractivity contribution in [3.8, 4) is 5.75 Å². The van der Waals surface area contributed by atoms with Gasteiger partial charge in [0.05, 0.1) is 16.0 Å². The van der Waals surface area contributed by atoms with E-state index in [1.165, 1.54) is 30.3 Å². The summed E-state index contributed by atoms with van der Waals surface area (Å²) in [6.07, 6.45) is 0. The molecule has 3 N–H and O–H groups in total. The van der Waals surface area contributed by atoms with Crippen molar-refractivity contribution < 1.29 is 27.7 Å². The molecule has 0 unspecified atom stereocenters. The van der Waals surface area contributed by atoms with Crippen LogP contribution in [0.15, 0.2) is 47.4 Å². The number of amides is 2. The van der Waals surface area contributed by atoms with E-state index in [1.807, 2.05) is 6.92 Å². The normalized spacial score (nSPS) is 13.0. The van der Waals surface area contributed by atoms with Crippen molar-refractivity contribution in [2.24, 2.45) is 0 Å². The van der Waals surface area contributed by atoms with E-state index in [0.717, 1.165) is 5.56 Å². The summed E-state index contributed by atoms with van der Waals surface area (Å²) < 4.78 is 29.6. The molecule has 2 aromatic rings. The molecule has 1 aliphatic heterocycles. The Labute approximate surface area is 132 Å². The van der Waals surface area contributed by atoms with E-state index in [9.17, 15) is 23.1 Å². The highest BCUT2D eigenvalue weighted by Crippen LogP contribution is 2.24. The maximum Gasteiger partial charge on any atom is 0.294 e. The zero-order valence-corrected chi connectivity index (χ0v) is 12.8. The Hall–Kier alpha value is -2.71. The van der Waals surface area contributed by atoms with Gasteiger partial charge in [0.1, 0.15) is 5.75 Å². The van der Waals surface area contributed by atoms with Crippen molar-refractivity contribution in [1.82, 2.24) is 5.32 Å². The first-order valence-corrected chi connectivity index (χ1v) is 7.86. The summed E-state index contributed by atoms with van der Waals surface area (Å²) >= 11 is 0. The second kappa shape index (κ2) is 6.19. The average molecular weight is 335 g/mol. The molecular weight excluding hydrogens is 322 g/mol. The number of carbonyl (C=O) groups excluding carboxylic acids is 2. The first kappa shape index (κ1) is 16.7. The van der Waals surface area contributed by atoms with Crippen LogP contribution in [-0.2, 0) is 10.1 Å². The molecule has 3 rings (SSSR count). The van der Waals surface area contributed by atoms with Crippen molar-refractivity contribution in [2.75, 3.05) is 0 Å². The minimum atomic E-state index is -4.02. The van der Waals surface area contributed by atoms with Crippen LogP contribution in [0, 0.1) is 6.92 Å².